The Morgan fingerprint density at radius 3 is 2.89 bits per heavy atom. The van der Waals surface area contributed by atoms with Gasteiger partial charge in [0.1, 0.15) is 15.3 Å². The zero-order valence-corrected chi connectivity index (χ0v) is 17.5. The Balaban J connectivity index is 1.87. The van der Waals surface area contributed by atoms with Crippen molar-refractivity contribution in [3.05, 3.63) is 57.1 Å². The smallest absolute Gasteiger partial charge is 0.150 e. The van der Waals surface area contributed by atoms with Crippen LogP contribution in [0, 0.1) is 15.3 Å². The van der Waals surface area contributed by atoms with Crippen LogP contribution in [-0.4, -0.2) is 35.1 Å². The summed E-state index contributed by atoms with van der Waals surface area (Å²) >= 11 is 2.17. The molecule has 0 radical (unpaired) electrons. The Kier molecular flexibility index (Phi) is 5.88. The number of benzene rings is 1. The lowest BCUT2D eigenvalue weighted by Crippen LogP contribution is -2.19. The van der Waals surface area contributed by atoms with Gasteiger partial charge < -0.3 is 9.47 Å². The summed E-state index contributed by atoms with van der Waals surface area (Å²) in [6.07, 6.45) is 6.31. The average molecular weight is 499 g/mol. The first-order valence-corrected chi connectivity index (χ1v) is 10.2. The Morgan fingerprint density at radius 1 is 1.29 bits per heavy atom. The molecule has 4 rings (SSSR count). The predicted octanol–water partition coefficient (Wildman–Crippen LogP) is 4.79. The molecule has 3 heterocycles. The van der Waals surface area contributed by atoms with Crippen molar-refractivity contribution in [2.75, 3.05) is 20.3 Å². The molecule has 8 heteroatoms. The van der Waals surface area contributed by atoms with Crippen LogP contribution >= 0.6 is 22.6 Å². The van der Waals surface area contributed by atoms with E-state index in [4.69, 9.17) is 9.47 Å². The van der Waals surface area contributed by atoms with Gasteiger partial charge in [0.15, 0.2) is 6.23 Å². The minimum atomic E-state index is -0.504. The SMILES string of the molecule is COCC(c1cc(F)ccc1F)c1cncc2c1c(I)nn2C1CCCCO1. The third-order valence-corrected chi connectivity index (χ3v) is 5.83. The molecule has 1 aliphatic rings. The van der Waals surface area contributed by atoms with Gasteiger partial charge in [0.05, 0.1) is 18.3 Å². The number of halogens is 3. The first-order chi connectivity index (χ1) is 13.6. The summed E-state index contributed by atoms with van der Waals surface area (Å²) in [5, 5.41) is 5.55. The Morgan fingerprint density at radius 2 is 2.14 bits per heavy atom. The van der Waals surface area contributed by atoms with E-state index in [9.17, 15) is 8.78 Å². The molecule has 0 amide bonds. The van der Waals surface area contributed by atoms with Crippen molar-refractivity contribution in [1.29, 1.82) is 0 Å². The highest BCUT2D eigenvalue weighted by Crippen LogP contribution is 2.36. The summed E-state index contributed by atoms with van der Waals surface area (Å²) in [4.78, 5) is 4.37. The monoisotopic (exact) mass is 499 g/mol. The van der Waals surface area contributed by atoms with Gasteiger partial charge >= 0.3 is 0 Å². The van der Waals surface area contributed by atoms with E-state index in [1.807, 2.05) is 4.68 Å². The lowest BCUT2D eigenvalue weighted by Gasteiger charge is -2.23. The molecular formula is C20H20F2IN3O2. The second-order valence-corrected chi connectivity index (χ2v) is 7.88. The third-order valence-electron chi connectivity index (χ3n) is 5.07. The van der Waals surface area contributed by atoms with Crippen LogP contribution in [0.1, 0.15) is 42.5 Å². The molecule has 1 saturated heterocycles. The van der Waals surface area contributed by atoms with Crippen molar-refractivity contribution >= 4 is 33.5 Å². The number of fused-ring (bicyclic) bond motifs is 1. The van der Waals surface area contributed by atoms with Crippen molar-refractivity contribution in [3.63, 3.8) is 0 Å². The van der Waals surface area contributed by atoms with Crippen molar-refractivity contribution < 1.29 is 18.3 Å². The molecule has 0 aliphatic carbocycles. The van der Waals surface area contributed by atoms with Crippen LogP contribution in [-0.2, 0) is 9.47 Å². The van der Waals surface area contributed by atoms with Crippen LogP contribution in [0.4, 0.5) is 8.78 Å². The molecule has 2 unspecified atom stereocenters. The molecule has 2 atom stereocenters. The molecule has 28 heavy (non-hydrogen) atoms. The number of rotatable bonds is 5. The highest BCUT2D eigenvalue weighted by Gasteiger charge is 2.27. The van der Waals surface area contributed by atoms with E-state index in [0.29, 0.717) is 6.61 Å². The van der Waals surface area contributed by atoms with Crippen LogP contribution in [0.25, 0.3) is 10.9 Å². The summed E-state index contributed by atoms with van der Waals surface area (Å²) in [6.45, 7) is 0.902. The number of pyridine rings is 1. The second kappa shape index (κ2) is 8.38. The van der Waals surface area contributed by atoms with E-state index in [0.717, 1.165) is 51.6 Å². The molecule has 0 spiro atoms. The summed E-state index contributed by atoms with van der Waals surface area (Å²) in [5.74, 6) is -1.47. The molecule has 1 aromatic carbocycles. The Hall–Kier alpha value is -1.65. The molecule has 5 nitrogen and oxygen atoms in total. The van der Waals surface area contributed by atoms with Crippen molar-refractivity contribution in [3.8, 4) is 0 Å². The quantitative estimate of drug-likeness (QED) is 0.474. The number of aromatic nitrogens is 3. The van der Waals surface area contributed by atoms with Gasteiger partial charge in [-0.05, 0) is 65.6 Å². The molecule has 148 valence electrons. The number of hydrogen-bond acceptors (Lipinski definition) is 4. The van der Waals surface area contributed by atoms with Crippen LogP contribution in [0.2, 0.25) is 0 Å². The van der Waals surface area contributed by atoms with Gasteiger partial charge in [-0.2, -0.15) is 5.10 Å². The number of ether oxygens (including phenoxy) is 2. The highest BCUT2D eigenvalue weighted by atomic mass is 127. The fourth-order valence-corrected chi connectivity index (χ4v) is 4.58. The van der Waals surface area contributed by atoms with Gasteiger partial charge in [-0.15, -0.1) is 0 Å². The van der Waals surface area contributed by atoms with E-state index < -0.39 is 17.6 Å². The standard InChI is InChI=1S/C20H20F2IN3O2/c1-27-11-15(13-8-12(21)5-6-16(13)22)14-9-24-10-17-19(14)20(23)25-26(17)18-4-2-3-7-28-18/h5-6,8-10,15,18H,2-4,7,11H2,1H3. The summed E-state index contributed by atoms with van der Waals surface area (Å²) in [5.41, 5.74) is 1.83. The van der Waals surface area contributed by atoms with Gasteiger partial charge in [-0.3, -0.25) is 4.98 Å². The van der Waals surface area contributed by atoms with Gasteiger partial charge in [0.25, 0.3) is 0 Å². The fourth-order valence-electron chi connectivity index (χ4n) is 3.76. The van der Waals surface area contributed by atoms with E-state index >= 15 is 0 Å². The molecule has 1 fully saturated rings. The Labute approximate surface area is 175 Å². The second-order valence-electron chi connectivity index (χ2n) is 6.85. The normalized spacial score (nSPS) is 18.5. The number of hydrogen-bond donors (Lipinski definition) is 0. The first kappa shape index (κ1) is 19.7. The zero-order valence-electron chi connectivity index (χ0n) is 15.4. The zero-order chi connectivity index (χ0) is 19.7. The molecule has 0 bridgehead atoms. The van der Waals surface area contributed by atoms with Gasteiger partial charge in [-0.25, -0.2) is 13.5 Å². The minimum absolute atomic E-state index is 0.136. The van der Waals surface area contributed by atoms with Crippen LogP contribution in [0.3, 0.4) is 0 Å². The summed E-state index contributed by atoms with van der Waals surface area (Å²) in [7, 11) is 1.54. The molecule has 2 aromatic heterocycles. The average Bonchev–Trinajstić information content (AvgIpc) is 3.06. The number of nitrogens with zero attached hydrogens (tertiary/aromatic N) is 3. The number of methoxy groups -OCH3 is 1. The fraction of sp³-hybridized carbons (Fsp3) is 0.400. The maximum Gasteiger partial charge on any atom is 0.150 e. The van der Waals surface area contributed by atoms with E-state index in [1.54, 1.807) is 19.5 Å². The molecule has 0 N–H and O–H groups in total. The predicted molar refractivity (Wildman–Crippen MR) is 109 cm³/mol. The maximum absolute atomic E-state index is 14.5. The summed E-state index contributed by atoms with van der Waals surface area (Å²) < 4.78 is 42.3. The van der Waals surface area contributed by atoms with E-state index in [-0.39, 0.29) is 18.4 Å². The largest absolute Gasteiger partial charge is 0.384 e. The molecule has 1 aliphatic heterocycles. The maximum atomic E-state index is 14.5. The van der Waals surface area contributed by atoms with Crippen LogP contribution in [0.15, 0.2) is 30.6 Å². The van der Waals surface area contributed by atoms with E-state index in [2.05, 4.69) is 32.7 Å². The van der Waals surface area contributed by atoms with E-state index in [1.165, 1.54) is 6.07 Å². The lowest BCUT2D eigenvalue weighted by molar-refractivity contribution is -0.0369. The Bertz CT molecular complexity index is 989. The highest BCUT2D eigenvalue weighted by molar-refractivity contribution is 14.1. The molecular weight excluding hydrogens is 479 g/mol. The first-order valence-electron chi connectivity index (χ1n) is 9.17. The van der Waals surface area contributed by atoms with Gasteiger partial charge in [0.2, 0.25) is 0 Å². The van der Waals surface area contributed by atoms with Crippen LogP contribution in [0.5, 0.6) is 0 Å². The van der Waals surface area contributed by atoms with Crippen molar-refractivity contribution in [1.82, 2.24) is 14.8 Å². The van der Waals surface area contributed by atoms with Crippen LogP contribution < -0.4 is 0 Å². The molecule has 0 saturated carbocycles. The summed E-state index contributed by atoms with van der Waals surface area (Å²) in [6, 6.07) is 3.48. The third kappa shape index (κ3) is 3.65. The van der Waals surface area contributed by atoms with Gasteiger partial charge in [-0.1, -0.05) is 0 Å². The molecule has 3 aromatic rings. The van der Waals surface area contributed by atoms with Crippen molar-refractivity contribution in [2.45, 2.75) is 31.4 Å². The lowest BCUT2D eigenvalue weighted by atomic mass is 9.90. The topological polar surface area (TPSA) is 49.2 Å². The van der Waals surface area contributed by atoms with Crippen molar-refractivity contribution in [2.24, 2.45) is 0 Å². The minimum Gasteiger partial charge on any atom is -0.384 e. The van der Waals surface area contributed by atoms with Gasteiger partial charge in [0, 0.05) is 36.8 Å².